The first kappa shape index (κ1) is 32.0. The van der Waals surface area contributed by atoms with Crippen LogP contribution in [0.2, 0.25) is 0 Å². The summed E-state index contributed by atoms with van der Waals surface area (Å²) in [5, 5.41) is 2.97. The number of carbonyl (C=O) groups excluding carboxylic acids is 4. The molecule has 0 spiro atoms. The lowest BCUT2D eigenvalue weighted by molar-refractivity contribution is -0.254. The summed E-state index contributed by atoms with van der Waals surface area (Å²) in [5.41, 5.74) is 3.43. The number of nitrogens with one attached hydrogen (secondary N) is 2. The summed E-state index contributed by atoms with van der Waals surface area (Å²) in [6.07, 6.45) is -6.69. The van der Waals surface area contributed by atoms with E-state index in [0.29, 0.717) is 16.5 Å². The largest absolute Gasteiger partial charge is 0.463 e. The molecular weight excluding hydrogens is 596 g/mol. The number of fused-ring (bicyclic) bond motifs is 1. The molecule has 1 fully saturated rings. The Hall–Kier alpha value is -4.89. The van der Waals surface area contributed by atoms with E-state index in [-0.39, 0.29) is 10.9 Å². The topological polar surface area (TPSA) is 173 Å². The van der Waals surface area contributed by atoms with Crippen LogP contribution in [0.25, 0.3) is 22.3 Å². The third-order valence-corrected chi connectivity index (χ3v) is 6.49. The number of hydrogen-bond donors (Lipinski definition) is 2. The molecule has 2 heterocycles. The maximum atomic E-state index is 13.6. The van der Waals surface area contributed by atoms with Gasteiger partial charge in [-0.1, -0.05) is 42.5 Å². The van der Waals surface area contributed by atoms with Crippen LogP contribution < -0.4 is 16.3 Å². The van der Waals surface area contributed by atoms with Crippen LogP contribution in [0.5, 0.6) is 0 Å². The molecule has 44 heavy (non-hydrogen) atoms. The third kappa shape index (κ3) is 7.73. The maximum Gasteiger partial charge on any atom is 0.303 e. The summed E-state index contributed by atoms with van der Waals surface area (Å²) < 4.78 is 28.6. The van der Waals surface area contributed by atoms with Gasteiger partial charge in [0.15, 0.2) is 35.5 Å². The number of rotatable bonds is 8. The predicted molar refractivity (Wildman–Crippen MR) is 158 cm³/mol. The molecule has 3 aromatic rings. The molecule has 1 aliphatic heterocycles. The fraction of sp³-hybridized carbons (Fsp3) is 0.345. The van der Waals surface area contributed by atoms with Crippen molar-refractivity contribution in [1.82, 2.24) is 15.0 Å². The number of thiocarbonyl (C=S) groups is 1. The average Bonchev–Trinajstić information content (AvgIpc) is 2.96. The van der Waals surface area contributed by atoms with E-state index in [1.54, 1.807) is 48.5 Å². The quantitative estimate of drug-likeness (QED) is 0.209. The van der Waals surface area contributed by atoms with Gasteiger partial charge in [-0.3, -0.25) is 29.4 Å². The van der Waals surface area contributed by atoms with E-state index in [4.69, 9.17) is 35.9 Å². The molecule has 0 saturated carbocycles. The number of aromatic nitrogens is 2. The summed E-state index contributed by atoms with van der Waals surface area (Å²) in [6.45, 7) is 4.12. The molecule has 2 aromatic carbocycles. The van der Waals surface area contributed by atoms with Gasteiger partial charge in [-0.15, -0.1) is 0 Å². The van der Waals surface area contributed by atoms with Crippen LogP contribution in [0.15, 0.2) is 59.4 Å². The van der Waals surface area contributed by atoms with Crippen molar-refractivity contribution in [3.8, 4) is 11.4 Å². The fourth-order valence-corrected chi connectivity index (χ4v) is 4.83. The lowest BCUT2D eigenvalue weighted by Gasteiger charge is -2.44. The van der Waals surface area contributed by atoms with Gasteiger partial charge < -0.3 is 29.0 Å². The Morgan fingerprint density at radius 3 is 2.07 bits per heavy atom. The SMILES string of the molecule is CC(=O)OC[C@H]1O[C@@H](NC(=S)Nn2c(-c3ccccc3)nc3ccccc3c2=O)[C@H](OC(C)=O)[C@@H](OC(C)=O)[C@@H]1OC(C)=O. The number of esters is 4. The minimum Gasteiger partial charge on any atom is -0.463 e. The number of nitrogens with zero attached hydrogens (tertiary/aromatic N) is 2. The molecule has 2 N–H and O–H groups in total. The molecule has 4 rings (SSSR count). The van der Waals surface area contributed by atoms with Gasteiger partial charge >= 0.3 is 23.9 Å². The fourth-order valence-electron chi connectivity index (χ4n) is 4.62. The Labute approximate surface area is 256 Å². The van der Waals surface area contributed by atoms with E-state index in [0.717, 1.165) is 25.4 Å². The van der Waals surface area contributed by atoms with Crippen LogP contribution in [-0.4, -0.2) is 75.9 Å². The Morgan fingerprint density at radius 2 is 1.43 bits per heavy atom. The molecule has 15 heteroatoms. The zero-order valence-electron chi connectivity index (χ0n) is 24.2. The third-order valence-electron chi connectivity index (χ3n) is 6.29. The Bertz CT molecular complexity index is 1630. The molecule has 14 nitrogen and oxygen atoms in total. The van der Waals surface area contributed by atoms with Crippen LogP contribution in [-0.2, 0) is 42.9 Å². The van der Waals surface area contributed by atoms with E-state index in [9.17, 15) is 24.0 Å². The summed E-state index contributed by atoms with van der Waals surface area (Å²) in [7, 11) is 0. The highest BCUT2D eigenvalue weighted by Crippen LogP contribution is 2.28. The molecule has 0 amide bonds. The molecule has 1 saturated heterocycles. The lowest BCUT2D eigenvalue weighted by Crippen LogP contribution is -2.66. The van der Waals surface area contributed by atoms with Crippen molar-refractivity contribution in [2.45, 2.75) is 58.3 Å². The van der Waals surface area contributed by atoms with E-state index in [1.807, 2.05) is 6.07 Å². The molecule has 0 radical (unpaired) electrons. The van der Waals surface area contributed by atoms with Gasteiger partial charge in [0.05, 0.1) is 10.9 Å². The normalized spacial score (nSPS) is 21.0. The molecule has 0 bridgehead atoms. The van der Waals surface area contributed by atoms with Gasteiger partial charge in [0.1, 0.15) is 12.7 Å². The van der Waals surface area contributed by atoms with Crippen LogP contribution in [0, 0.1) is 0 Å². The zero-order chi connectivity index (χ0) is 32.0. The van der Waals surface area contributed by atoms with Crippen LogP contribution in [0.3, 0.4) is 0 Å². The van der Waals surface area contributed by atoms with Gasteiger partial charge in [0, 0.05) is 33.3 Å². The van der Waals surface area contributed by atoms with E-state index < -0.39 is 66.7 Å². The van der Waals surface area contributed by atoms with Crippen LogP contribution in [0.1, 0.15) is 27.7 Å². The van der Waals surface area contributed by atoms with Gasteiger partial charge in [0.2, 0.25) is 0 Å². The standard InChI is InChI=1S/C29H30N4O10S/c1-15(34)39-14-22-23(40-16(2)35)24(41-17(3)36)25(42-18(4)37)27(43-22)31-29(44)32-33-26(19-10-6-5-7-11-19)30-21-13-9-8-12-20(21)28(33)38/h5-13,22-25,27H,14H2,1-4H3,(H2,31,32,44)/t22-,23-,24+,25-,27-/m1/s1. The maximum absolute atomic E-state index is 13.6. The number of hydrogen-bond acceptors (Lipinski definition) is 12. The van der Waals surface area contributed by atoms with Crippen molar-refractivity contribution in [2.24, 2.45) is 0 Å². The number of benzene rings is 2. The minimum atomic E-state index is -1.41. The predicted octanol–water partition coefficient (Wildman–Crippen LogP) is 1.56. The second-order valence-electron chi connectivity index (χ2n) is 9.66. The van der Waals surface area contributed by atoms with E-state index >= 15 is 0 Å². The Balaban J connectivity index is 1.72. The van der Waals surface area contributed by atoms with Crippen molar-refractivity contribution in [1.29, 1.82) is 0 Å². The summed E-state index contributed by atoms with van der Waals surface area (Å²) >= 11 is 5.54. The van der Waals surface area contributed by atoms with Crippen LogP contribution >= 0.6 is 12.2 Å². The molecule has 0 unspecified atom stereocenters. The Kier molecular flexibility index (Phi) is 10.2. The highest BCUT2D eigenvalue weighted by Gasteiger charge is 2.52. The zero-order valence-corrected chi connectivity index (χ0v) is 25.0. The first-order valence-electron chi connectivity index (χ1n) is 13.4. The summed E-state index contributed by atoms with van der Waals surface area (Å²) in [5.74, 6) is -2.72. The highest BCUT2D eigenvalue weighted by molar-refractivity contribution is 7.80. The molecule has 0 aliphatic carbocycles. The molecular formula is C29H30N4O10S. The van der Waals surface area contributed by atoms with Crippen molar-refractivity contribution in [3.63, 3.8) is 0 Å². The van der Waals surface area contributed by atoms with E-state index in [2.05, 4.69) is 15.7 Å². The van der Waals surface area contributed by atoms with Gasteiger partial charge in [-0.25, -0.2) is 4.98 Å². The molecule has 1 aliphatic rings. The van der Waals surface area contributed by atoms with E-state index in [1.165, 1.54) is 6.92 Å². The van der Waals surface area contributed by atoms with Crippen LogP contribution in [0.4, 0.5) is 0 Å². The monoisotopic (exact) mass is 626 g/mol. The van der Waals surface area contributed by atoms with Crippen molar-refractivity contribution in [2.75, 3.05) is 12.0 Å². The second-order valence-corrected chi connectivity index (χ2v) is 10.1. The molecule has 1 aromatic heterocycles. The second kappa shape index (κ2) is 14.1. The van der Waals surface area contributed by atoms with Crippen molar-refractivity contribution < 1.29 is 42.9 Å². The number of carbonyl (C=O) groups is 4. The molecule has 232 valence electrons. The summed E-state index contributed by atoms with van der Waals surface area (Å²) in [4.78, 5) is 66.1. The average molecular weight is 627 g/mol. The Morgan fingerprint density at radius 1 is 0.841 bits per heavy atom. The first-order chi connectivity index (χ1) is 20.9. The van der Waals surface area contributed by atoms with Gasteiger partial charge in [-0.2, -0.15) is 4.68 Å². The highest BCUT2D eigenvalue weighted by atomic mass is 32.1. The number of ether oxygens (including phenoxy) is 5. The first-order valence-corrected chi connectivity index (χ1v) is 13.8. The molecule has 5 atom stereocenters. The summed E-state index contributed by atoms with van der Waals surface area (Å²) in [6, 6.07) is 15.7. The lowest BCUT2D eigenvalue weighted by atomic mass is 9.97. The van der Waals surface area contributed by atoms with Gasteiger partial charge in [-0.05, 0) is 24.4 Å². The van der Waals surface area contributed by atoms with Crippen molar-refractivity contribution >= 4 is 52.1 Å². The van der Waals surface area contributed by atoms with Gasteiger partial charge in [0.25, 0.3) is 5.56 Å². The number of para-hydroxylation sites is 1. The smallest absolute Gasteiger partial charge is 0.303 e. The van der Waals surface area contributed by atoms with Crippen molar-refractivity contribution in [3.05, 3.63) is 65.0 Å². The minimum absolute atomic E-state index is 0.178.